The van der Waals surface area contributed by atoms with E-state index in [4.69, 9.17) is 19.6 Å². The zero-order valence-electron chi connectivity index (χ0n) is 21.8. The molecular formula is C29H41NO7. The molecule has 3 unspecified atom stereocenters. The molecule has 0 radical (unpaired) electrons. The van der Waals surface area contributed by atoms with Gasteiger partial charge in [0.05, 0.1) is 30.6 Å². The molecule has 11 atom stereocenters. The first kappa shape index (κ1) is 25.7. The van der Waals surface area contributed by atoms with E-state index in [-0.39, 0.29) is 41.0 Å². The van der Waals surface area contributed by atoms with Crippen LogP contribution in [0.15, 0.2) is 39.3 Å². The van der Waals surface area contributed by atoms with E-state index in [1.54, 1.807) is 6.26 Å². The lowest BCUT2D eigenvalue weighted by molar-refractivity contribution is -0.259. The standard InChI is InChI=1S/C29H41NO7/c1-27-10-7-18(37-26-25(33)24(32)22(30)15-36-26)13-17(27)4-5-21-20(27)8-11-28(2)19(9-12-29(21,28)34)16-3-6-23(31)35-14-16/h3,6,13-14,18-22,24-26,32-34H,4-5,7-12,15,30H2,1-2H3/t18-,19+,20?,21?,22-,24-,25-,26?,27-,28+,29-/m0/s1. The Morgan fingerprint density at radius 2 is 1.84 bits per heavy atom. The van der Waals surface area contributed by atoms with Crippen LogP contribution < -0.4 is 11.4 Å². The number of nitrogens with two attached hydrogens (primary N) is 1. The summed E-state index contributed by atoms with van der Waals surface area (Å²) in [6, 6.07) is 2.76. The summed E-state index contributed by atoms with van der Waals surface area (Å²) in [6.07, 6.45) is 7.83. The molecule has 0 bridgehead atoms. The van der Waals surface area contributed by atoms with Gasteiger partial charge < -0.3 is 34.9 Å². The summed E-state index contributed by atoms with van der Waals surface area (Å²) < 4.78 is 16.9. The fourth-order valence-corrected chi connectivity index (χ4v) is 8.98. The SMILES string of the molecule is C[C@]12CC[C@H](OC3OC[C@H](N)[C@H](O)[C@@H]3O)C=C1CCC1C2CC[C@]2(C)[C@@H](c3ccc(=O)oc3)CC[C@]12O. The highest BCUT2D eigenvalue weighted by Crippen LogP contribution is 2.70. The molecule has 204 valence electrons. The Hall–Kier alpha value is -1.55. The minimum Gasteiger partial charge on any atom is -0.431 e. The summed E-state index contributed by atoms with van der Waals surface area (Å²) in [5, 5.41) is 32.9. The Morgan fingerprint density at radius 1 is 1.03 bits per heavy atom. The molecule has 0 aromatic carbocycles. The monoisotopic (exact) mass is 515 g/mol. The van der Waals surface area contributed by atoms with Crippen LogP contribution in [0.1, 0.15) is 76.7 Å². The lowest BCUT2D eigenvalue weighted by Gasteiger charge is -2.62. The quantitative estimate of drug-likeness (QED) is 0.451. The molecule has 4 aliphatic carbocycles. The average Bonchev–Trinajstić information content (AvgIpc) is 3.16. The van der Waals surface area contributed by atoms with Crippen molar-refractivity contribution in [2.75, 3.05) is 6.61 Å². The second-order valence-electron chi connectivity index (χ2n) is 12.8. The molecule has 1 aromatic heterocycles. The molecule has 6 rings (SSSR count). The van der Waals surface area contributed by atoms with E-state index in [2.05, 4.69) is 19.9 Å². The number of fused-ring (bicyclic) bond motifs is 5. The summed E-state index contributed by atoms with van der Waals surface area (Å²) in [4.78, 5) is 11.5. The fourth-order valence-electron chi connectivity index (χ4n) is 8.98. The van der Waals surface area contributed by atoms with Gasteiger partial charge in [-0.1, -0.05) is 25.5 Å². The lowest BCUT2D eigenvalue weighted by atomic mass is 9.45. The molecule has 1 saturated heterocycles. The Kier molecular flexibility index (Phi) is 6.25. The Labute approximate surface area is 217 Å². The van der Waals surface area contributed by atoms with Crippen LogP contribution in [0, 0.1) is 22.7 Å². The molecule has 8 heteroatoms. The van der Waals surface area contributed by atoms with E-state index in [9.17, 15) is 20.1 Å². The Morgan fingerprint density at radius 3 is 2.59 bits per heavy atom. The number of hydrogen-bond acceptors (Lipinski definition) is 8. The number of ether oxygens (including phenoxy) is 2. The van der Waals surface area contributed by atoms with E-state index in [1.165, 1.54) is 11.6 Å². The van der Waals surface area contributed by atoms with E-state index in [0.717, 1.165) is 56.9 Å². The van der Waals surface area contributed by atoms with Crippen molar-refractivity contribution in [1.29, 1.82) is 0 Å². The number of aliphatic hydroxyl groups excluding tert-OH is 2. The van der Waals surface area contributed by atoms with Gasteiger partial charge >= 0.3 is 5.63 Å². The number of rotatable bonds is 3. The van der Waals surface area contributed by atoms with Gasteiger partial charge in [0, 0.05) is 11.5 Å². The minimum absolute atomic E-state index is 0.00533. The van der Waals surface area contributed by atoms with Crippen molar-refractivity contribution < 1.29 is 29.2 Å². The molecule has 8 nitrogen and oxygen atoms in total. The van der Waals surface area contributed by atoms with Crippen LogP contribution in [0.3, 0.4) is 0 Å². The van der Waals surface area contributed by atoms with Gasteiger partial charge in [0.2, 0.25) is 0 Å². The molecule has 5 aliphatic rings. The summed E-state index contributed by atoms with van der Waals surface area (Å²) in [7, 11) is 0. The van der Waals surface area contributed by atoms with Crippen LogP contribution >= 0.6 is 0 Å². The van der Waals surface area contributed by atoms with Crippen LogP contribution in [-0.2, 0) is 9.47 Å². The third-order valence-corrected chi connectivity index (χ3v) is 11.2. The molecule has 37 heavy (non-hydrogen) atoms. The molecule has 4 fully saturated rings. The maximum atomic E-state index is 12.4. The topological polar surface area (TPSA) is 135 Å². The lowest BCUT2D eigenvalue weighted by Crippen LogP contribution is -2.60. The highest BCUT2D eigenvalue weighted by molar-refractivity contribution is 5.31. The molecule has 5 N–H and O–H groups in total. The van der Waals surface area contributed by atoms with E-state index in [1.807, 2.05) is 6.07 Å². The van der Waals surface area contributed by atoms with Crippen LogP contribution in [0.5, 0.6) is 0 Å². The van der Waals surface area contributed by atoms with Crippen molar-refractivity contribution in [3.8, 4) is 0 Å². The second kappa shape index (κ2) is 9.00. The van der Waals surface area contributed by atoms with Gasteiger partial charge in [-0.05, 0) is 86.2 Å². The molecule has 1 aliphatic heterocycles. The van der Waals surface area contributed by atoms with Gasteiger partial charge in [0.15, 0.2) is 6.29 Å². The highest BCUT2D eigenvalue weighted by atomic mass is 16.7. The normalized spacial score (nSPS) is 49.5. The maximum Gasteiger partial charge on any atom is 0.335 e. The van der Waals surface area contributed by atoms with Crippen LogP contribution in [-0.4, -0.2) is 58.2 Å². The van der Waals surface area contributed by atoms with Crippen molar-refractivity contribution in [3.05, 3.63) is 46.0 Å². The van der Waals surface area contributed by atoms with Crippen molar-refractivity contribution in [1.82, 2.24) is 0 Å². The van der Waals surface area contributed by atoms with Crippen molar-refractivity contribution in [2.45, 2.75) is 107 Å². The number of hydrogen-bond donors (Lipinski definition) is 4. The smallest absolute Gasteiger partial charge is 0.335 e. The predicted molar refractivity (Wildman–Crippen MR) is 135 cm³/mol. The van der Waals surface area contributed by atoms with Crippen LogP contribution in [0.4, 0.5) is 0 Å². The molecular weight excluding hydrogens is 474 g/mol. The zero-order valence-corrected chi connectivity index (χ0v) is 21.8. The summed E-state index contributed by atoms with van der Waals surface area (Å²) >= 11 is 0. The molecule has 2 heterocycles. The van der Waals surface area contributed by atoms with Gasteiger partial charge in [-0.15, -0.1) is 0 Å². The highest BCUT2D eigenvalue weighted by Gasteiger charge is 2.66. The Balaban J connectivity index is 1.21. The first-order chi connectivity index (χ1) is 17.6. The first-order valence-corrected chi connectivity index (χ1v) is 14.0. The van der Waals surface area contributed by atoms with Gasteiger partial charge in [0.1, 0.15) is 12.2 Å². The predicted octanol–water partition coefficient (Wildman–Crippen LogP) is 2.59. The van der Waals surface area contributed by atoms with Gasteiger partial charge in [0.25, 0.3) is 0 Å². The van der Waals surface area contributed by atoms with Gasteiger partial charge in [-0.25, -0.2) is 4.79 Å². The number of aliphatic hydroxyl groups is 3. The summed E-state index contributed by atoms with van der Waals surface area (Å²) in [5.74, 6) is 0.809. The molecule has 0 amide bonds. The number of allylic oxidation sites excluding steroid dienone is 1. The largest absolute Gasteiger partial charge is 0.431 e. The van der Waals surface area contributed by atoms with Crippen LogP contribution in [0.2, 0.25) is 0 Å². The van der Waals surface area contributed by atoms with E-state index in [0.29, 0.717) is 5.92 Å². The fraction of sp³-hybridized carbons (Fsp3) is 0.759. The van der Waals surface area contributed by atoms with E-state index < -0.39 is 30.1 Å². The molecule has 1 aromatic rings. The second-order valence-corrected chi connectivity index (χ2v) is 12.8. The van der Waals surface area contributed by atoms with E-state index >= 15 is 0 Å². The van der Waals surface area contributed by atoms with Gasteiger partial charge in [-0.2, -0.15) is 0 Å². The third-order valence-electron chi connectivity index (χ3n) is 11.2. The van der Waals surface area contributed by atoms with Gasteiger partial charge in [-0.3, -0.25) is 0 Å². The van der Waals surface area contributed by atoms with Crippen molar-refractivity contribution >= 4 is 0 Å². The molecule has 3 saturated carbocycles. The first-order valence-electron chi connectivity index (χ1n) is 14.0. The molecule has 0 spiro atoms. The Bertz CT molecular complexity index is 1100. The van der Waals surface area contributed by atoms with Crippen molar-refractivity contribution in [3.63, 3.8) is 0 Å². The maximum absolute atomic E-state index is 12.4. The summed E-state index contributed by atoms with van der Waals surface area (Å²) in [5.41, 5.74) is 6.88. The zero-order chi connectivity index (χ0) is 26.2. The third kappa shape index (κ3) is 3.82. The van der Waals surface area contributed by atoms with Crippen LogP contribution in [0.25, 0.3) is 0 Å². The minimum atomic E-state index is -1.16. The summed E-state index contributed by atoms with van der Waals surface area (Å²) in [6.45, 7) is 4.77. The average molecular weight is 516 g/mol. The van der Waals surface area contributed by atoms with Crippen molar-refractivity contribution in [2.24, 2.45) is 28.4 Å².